The number of hydrogen-bond donors (Lipinski definition) is 0. The van der Waals surface area contributed by atoms with Crippen molar-refractivity contribution in [1.29, 1.82) is 0 Å². The third kappa shape index (κ3) is 5.04. The maximum Gasteiger partial charge on any atom is 0.0958 e. The van der Waals surface area contributed by atoms with E-state index < -0.39 is 10.1 Å². The van der Waals surface area contributed by atoms with E-state index in [1.165, 1.54) is 64.2 Å². The molecule has 2 saturated carbocycles. The van der Waals surface area contributed by atoms with Gasteiger partial charge >= 0.3 is 0 Å². The smallest absolute Gasteiger partial charge is 0.0958 e. The molecule has 0 heterocycles. The third-order valence-electron chi connectivity index (χ3n) is 4.69. The van der Waals surface area contributed by atoms with Crippen LogP contribution in [0.3, 0.4) is 0 Å². The minimum atomic E-state index is -4.09. The van der Waals surface area contributed by atoms with Crippen molar-refractivity contribution in [2.75, 3.05) is 12.3 Å². The molecule has 0 spiro atoms. The average Bonchev–Trinajstić information content (AvgIpc) is 2.40. The maximum absolute atomic E-state index is 10.9. The summed E-state index contributed by atoms with van der Waals surface area (Å²) in [5, 5.41) is 0. The Morgan fingerprint density at radius 1 is 0.842 bits per heavy atom. The molecule has 2 aliphatic carbocycles. The Morgan fingerprint density at radius 2 is 1.26 bits per heavy atom. The Kier molecular flexibility index (Phi) is 5.66. The standard InChI is InChI=1S/C14H27NO3S/c16-19(17,18)12-11-15(13-7-3-1-4-8-13)14-9-5-2-6-10-14/h13-14H,1-12H2,(H,16,17,18)/p-1. The predicted octanol–water partition coefficient (Wildman–Crippen LogP) is 2.50. The molecule has 112 valence electrons. The lowest BCUT2D eigenvalue weighted by Gasteiger charge is -2.41. The molecule has 0 aromatic carbocycles. The van der Waals surface area contributed by atoms with Gasteiger partial charge < -0.3 is 4.55 Å². The first-order chi connectivity index (χ1) is 9.06. The van der Waals surface area contributed by atoms with Crippen LogP contribution in [0.25, 0.3) is 0 Å². The molecular formula is C14H26NO3S-. The lowest BCUT2D eigenvalue weighted by Crippen LogP contribution is -2.47. The molecule has 19 heavy (non-hydrogen) atoms. The van der Waals surface area contributed by atoms with Crippen LogP contribution in [-0.2, 0) is 10.1 Å². The summed E-state index contributed by atoms with van der Waals surface area (Å²) in [5.41, 5.74) is 0. The molecule has 0 aromatic heterocycles. The Morgan fingerprint density at radius 3 is 1.63 bits per heavy atom. The lowest BCUT2D eigenvalue weighted by atomic mass is 9.89. The van der Waals surface area contributed by atoms with Gasteiger partial charge in [0, 0.05) is 18.6 Å². The van der Waals surface area contributed by atoms with Gasteiger partial charge in [-0.1, -0.05) is 38.5 Å². The van der Waals surface area contributed by atoms with Gasteiger partial charge in [-0.25, -0.2) is 8.42 Å². The second-order valence-electron chi connectivity index (χ2n) is 6.08. The minimum absolute atomic E-state index is 0.222. The van der Waals surface area contributed by atoms with E-state index in [4.69, 9.17) is 0 Å². The van der Waals surface area contributed by atoms with Gasteiger partial charge in [-0.3, -0.25) is 4.90 Å². The van der Waals surface area contributed by atoms with Crippen molar-refractivity contribution in [3.05, 3.63) is 0 Å². The Balaban J connectivity index is 1.98. The van der Waals surface area contributed by atoms with E-state index in [2.05, 4.69) is 4.90 Å². The number of rotatable bonds is 5. The molecule has 0 atom stereocenters. The Hall–Kier alpha value is -0.130. The van der Waals surface area contributed by atoms with E-state index in [0.29, 0.717) is 18.6 Å². The van der Waals surface area contributed by atoms with E-state index >= 15 is 0 Å². The van der Waals surface area contributed by atoms with Crippen LogP contribution in [-0.4, -0.2) is 42.3 Å². The van der Waals surface area contributed by atoms with Crippen molar-refractivity contribution in [3.8, 4) is 0 Å². The molecule has 2 aliphatic rings. The van der Waals surface area contributed by atoms with Gasteiger partial charge in [-0.05, 0) is 25.7 Å². The molecule has 0 aromatic rings. The molecule has 0 saturated heterocycles. The van der Waals surface area contributed by atoms with Crippen molar-refractivity contribution in [3.63, 3.8) is 0 Å². The summed E-state index contributed by atoms with van der Waals surface area (Å²) >= 11 is 0. The molecule has 5 heteroatoms. The van der Waals surface area contributed by atoms with Crippen molar-refractivity contribution in [1.82, 2.24) is 4.90 Å². The van der Waals surface area contributed by atoms with Crippen molar-refractivity contribution >= 4 is 10.1 Å². The SMILES string of the molecule is O=S(=O)([O-])CCN(C1CCCCC1)C1CCCCC1. The summed E-state index contributed by atoms with van der Waals surface area (Å²) in [7, 11) is -4.09. The molecule has 0 N–H and O–H groups in total. The van der Waals surface area contributed by atoms with E-state index in [9.17, 15) is 13.0 Å². The second-order valence-corrected chi connectivity index (χ2v) is 7.61. The first-order valence-corrected chi connectivity index (χ1v) is 9.33. The minimum Gasteiger partial charge on any atom is -0.748 e. The van der Waals surface area contributed by atoms with Gasteiger partial charge in [0.1, 0.15) is 0 Å². The summed E-state index contributed by atoms with van der Waals surface area (Å²) in [6, 6.07) is 1.03. The highest BCUT2D eigenvalue weighted by atomic mass is 32.2. The second kappa shape index (κ2) is 7.04. The van der Waals surface area contributed by atoms with E-state index in [-0.39, 0.29) is 5.75 Å². The van der Waals surface area contributed by atoms with Crippen LogP contribution in [0, 0.1) is 0 Å². The Bertz CT molecular complexity index is 339. The average molecular weight is 288 g/mol. The monoisotopic (exact) mass is 288 g/mol. The highest BCUT2D eigenvalue weighted by Crippen LogP contribution is 2.29. The largest absolute Gasteiger partial charge is 0.748 e. The normalized spacial score (nSPS) is 23.9. The maximum atomic E-state index is 10.9. The van der Waals surface area contributed by atoms with Crippen LogP contribution in [0.1, 0.15) is 64.2 Å². The highest BCUT2D eigenvalue weighted by Gasteiger charge is 2.28. The van der Waals surface area contributed by atoms with E-state index in [1.54, 1.807) is 0 Å². The summed E-state index contributed by atoms with van der Waals surface area (Å²) in [6.07, 6.45) is 12.3. The van der Waals surface area contributed by atoms with Crippen LogP contribution < -0.4 is 0 Å². The molecule has 2 rings (SSSR count). The number of hydrogen-bond acceptors (Lipinski definition) is 4. The molecule has 0 radical (unpaired) electrons. The Labute approximate surface area is 117 Å². The van der Waals surface area contributed by atoms with Crippen molar-refractivity contribution in [2.45, 2.75) is 76.3 Å². The van der Waals surface area contributed by atoms with Gasteiger partial charge in [0.05, 0.1) is 15.9 Å². The number of nitrogens with zero attached hydrogens (tertiary/aromatic N) is 1. The molecule has 2 fully saturated rings. The van der Waals surface area contributed by atoms with E-state index in [1.807, 2.05) is 0 Å². The van der Waals surface area contributed by atoms with Gasteiger partial charge in [-0.2, -0.15) is 0 Å². The fraction of sp³-hybridized carbons (Fsp3) is 1.00. The topological polar surface area (TPSA) is 60.4 Å². The zero-order chi connectivity index (χ0) is 13.7. The van der Waals surface area contributed by atoms with Crippen LogP contribution in [0.15, 0.2) is 0 Å². The lowest BCUT2D eigenvalue weighted by molar-refractivity contribution is 0.0872. The van der Waals surface area contributed by atoms with Crippen LogP contribution >= 0.6 is 0 Å². The molecule has 4 nitrogen and oxygen atoms in total. The molecule has 0 bridgehead atoms. The molecule has 0 unspecified atom stereocenters. The fourth-order valence-corrected chi connectivity index (χ4v) is 4.14. The predicted molar refractivity (Wildman–Crippen MR) is 75.0 cm³/mol. The highest BCUT2D eigenvalue weighted by molar-refractivity contribution is 7.85. The van der Waals surface area contributed by atoms with Crippen molar-refractivity contribution < 1.29 is 13.0 Å². The molecule has 0 aliphatic heterocycles. The van der Waals surface area contributed by atoms with Gasteiger partial charge in [0.15, 0.2) is 0 Å². The van der Waals surface area contributed by atoms with Crippen LogP contribution in [0.4, 0.5) is 0 Å². The van der Waals surface area contributed by atoms with Crippen molar-refractivity contribution in [2.24, 2.45) is 0 Å². The zero-order valence-corrected chi connectivity index (χ0v) is 12.5. The van der Waals surface area contributed by atoms with Crippen LogP contribution in [0.2, 0.25) is 0 Å². The van der Waals surface area contributed by atoms with Crippen LogP contribution in [0.5, 0.6) is 0 Å². The van der Waals surface area contributed by atoms with Gasteiger partial charge in [0.2, 0.25) is 0 Å². The van der Waals surface area contributed by atoms with Gasteiger partial charge in [0.25, 0.3) is 0 Å². The summed E-state index contributed by atoms with van der Waals surface area (Å²) in [6.45, 7) is 0.446. The summed E-state index contributed by atoms with van der Waals surface area (Å²) < 4.78 is 32.8. The summed E-state index contributed by atoms with van der Waals surface area (Å²) in [4.78, 5) is 2.37. The zero-order valence-electron chi connectivity index (χ0n) is 11.7. The van der Waals surface area contributed by atoms with E-state index in [0.717, 1.165) is 0 Å². The first-order valence-electron chi connectivity index (χ1n) is 7.75. The molecule has 0 amide bonds. The quantitative estimate of drug-likeness (QED) is 0.729. The van der Waals surface area contributed by atoms with Gasteiger partial charge in [-0.15, -0.1) is 0 Å². The fourth-order valence-electron chi connectivity index (χ4n) is 3.71. The molecular weight excluding hydrogens is 262 g/mol. The third-order valence-corrected chi connectivity index (χ3v) is 5.37. The first kappa shape index (κ1) is 15.3. The summed E-state index contributed by atoms with van der Waals surface area (Å²) in [5.74, 6) is -0.222.